The number of hydrogen-bond acceptors (Lipinski definition) is 2. The van der Waals surface area contributed by atoms with Gasteiger partial charge in [-0.05, 0) is 53.9 Å². The number of allylic oxidation sites excluding steroid dienone is 1. The summed E-state index contributed by atoms with van der Waals surface area (Å²) in [5.74, 6) is -0.184. The van der Waals surface area contributed by atoms with Gasteiger partial charge in [0.1, 0.15) is 5.78 Å². The fourth-order valence-corrected chi connectivity index (χ4v) is 4.10. The van der Waals surface area contributed by atoms with E-state index in [1.54, 1.807) is 12.1 Å². The lowest BCUT2D eigenvalue weighted by molar-refractivity contribution is -0.123. The molecule has 2 atom stereocenters. The molecule has 0 saturated heterocycles. The van der Waals surface area contributed by atoms with Crippen molar-refractivity contribution in [2.45, 2.75) is 44.4 Å². The van der Waals surface area contributed by atoms with Crippen molar-refractivity contribution in [3.05, 3.63) is 41.0 Å². The molecule has 2 aliphatic rings. The number of fused-ring (bicyclic) bond motifs is 3. The van der Waals surface area contributed by atoms with Crippen LogP contribution in [0.3, 0.4) is 0 Å². The Balaban J connectivity index is 2.14. The van der Waals surface area contributed by atoms with Crippen LogP contribution in [0.1, 0.15) is 60.5 Å². The van der Waals surface area contributed by atoms with E-state index in [-0.39, 0.29) is 5.41 Å². The third kappa shape index (κ3) is 2.21. The monoisotopic (exact) mass is 284 g/mol. The van der Waals surface area contributed by atoms with Crippen LogP contribution < -0.4 is 0 Å². The van der Waals surface area contributed by atoms with E-state index in [2.05, 4.69) is 13.0 Å². The number of carboxylic acid groups (broad SMARTS) is 1. The molecule has 3 rings (SSSR count). The van der Waals surface area contributed by atoms with Crippen molar-refractivity contribution in [2.24, 2.45) is 5.92 Å². The van der Waals surface area contributed by atoms with Gasteiger partial charge in [0.25, 0.3) is 0 Å². The largest absolute Gasteiger partial charge is 0.478 e. The smallest absolute Gasteiger partial charge is 0.335 e. The number of carboxylic acids is 1. The van der Waals surface area contributed by atoms with Crippen LogP contribution in [-0.2, 0) is 10.2 Å². The number of rotatable bonds is 2. The van der Waals surface area contributed by atoms with Crippen LogP contribution in [0.5, 0.6) is 0 Å². The highest BCUT2D eigenvalue weighted by Gasteiger charge is 2.44. The quantitative estimate of drug-likeness (QED) is 0.898. The Hall–Kier alpha value is -1.90. The van der Waals surface area contributed by atoms with Crippen molar-refractivity contribution >= 4 is 17.8 Å². The van der Waals surface area contributed by atoms with Crippen LogP contribution in [0.15, 0.2) is 24.3 Å². The van der Waals surface area contributed by atoms with Gasteiger partial charge in [-0.25, -0.2) is 4.79 Å². The molecule has 21 heavy (non-hydrogen) atoms. The van der Waals surface area contributed by atoms with Crippen LogP contribution in [0.4, 0.5) is 0 Å². The predicted molar refractivity (Wildman–Crippen MR) is 81.4 cm³/mol. The number of aromatic carboxylic acids is 1. The van der Waals surface area contributed by atoms with Crippen LogP contribution in [0.25, 0.3) is 6.08 Å². The van der Waals surface area contributed by atoms with Gasteiger partial charge in [-0.1, -0.05) is 25.1 Å². The molecule has 0 aromatic heterocycles. The van der Waals surface area contributed by atoms with E-state index >= 15 is 0 Å². The molecular weight excluding hydrogens is 264 g/mol. The third-order valence-corrected chi connectivity index (χ3v) is 5.29. The Morgan fingerprint density at radius 1 is 1.43 bits per heavy atom. The van der Waals surface area contributed by atoms with Gasteiger partial charge in [0.15, 0.2) is 0 Å². The van der Waals surface area contributed by atoms with E-state index in [1.807, 2.05) is 12.1 Å². The molecule has 110 valence electrons. The molecule has 0 heterocycles. The van der Waals surface area contributed by atoms with E-state index in [0.717, 1.165) is 24.8 Å². The lowest BCUT2D eigenvalue weighted by Crippen LogP contribution is -2.40. The number of carbonyl (C=O) groups is 2. The van der Waals surface area contributed by atoms with Crippen molar-refractivity contribution in [1.82, 2.24) is 0 Å². The topological polar surface area (TPSA) is 54.4 Å². The van der Waals surface area contributed by atoms with E-state index in [4.69, 9.17) is 0 Å². The minimum Gasteiger partial charge on any atom is -0.478 e. The summed E-state index contributed by atoms with van der Waals surface area (Å²) in [5.41, 5.74) is 2.58. The molecule has 2 aliphatic carbocycles. The normalized spacial score (nSPS) is 27.7. The van der Waals surface area contributed by atoms with Crippen LogP contribution in [0.2, 0.25) is 0 Å². The molecule has 1 aromatic rings. The second-order valence-corrected chi connectivity index (χ2v) is 6.19. The lowest BCUT2D eigenvalue weighted by Gasteiger charge is -2.43. The number of hydrogen-bond donors (Lipinski definition) is 1. The zero-order valence-electron chi connectivity index (χ0n) is 12.3. The zero-order valence-corrected chi connectivity index (χ0v) is 12.3. The zero-order chi connectivity index (χ0) is 15.0. The van der Waals surface area contributed by atoms with Crippen molar-refractivity contribution in [3.63, 3.8) is 0 Å². The molecule has 3 heteroatoms. The maximum Gasteiger partial charge on any atom is 0.335 e. The van der Waals surface area contributed by atoms with Crippen molar-refractivity contribution in [1.29, 1.82) is 0 Å². The Labute approximate surface area is 124 Å². The van der Waals surface area contributed by atoms with Crippen LogP contribution in [0, 0.1) is 5.92 Å². The molecular formula is C18H20O3. The first-order chi connectivity index (χ1) is 10.1. The summed E-state index contributed by atoms with van der Waals surface area (Å²) in [6.45, 7) is 2.18. The first-order valence-corrected chi connectivity index (χ1v) is 7.63. The van der Waals surface area contributed by atoms with E-state index in [9.17, 15) is 14.7 Å². The highest BCUT2D eigenvalue weighted by atomic mass is 16.4. The van der Waals surface area contributed by atoms with Gasteiger partial charge in [-0.2, -0.15) is 0 Å². The molecule has 1 fully saturated rings. The van der Waals surface area contributed by atoms with Gasteiger partial charge in [-0.3, -0.25) is 4.79 Å². The molecule has 0 amide bonds. The summed E-state index contributed by atoms with van der Waals surface area (Å²) in [7, 11) is 0. The first kappa shape index (κ1) is 14.1. The summed E-state index contributed by atoms with van der Waals surface area (Å²) in [6.07, 6.45) is 8.20. The first-order valence-electron chi connectivity index (χ1n) is 7.63. The van der Waals surface area contributed by atoms with Gasteiger partial charge >= 0.3 is 5.97 Å². The summed E-state index contributed by atoms with van der Waals surface area (Å²) in [4.78, 5) is 23.0. The molecule has 0 bridgehead atoms. The molecule has 1 N–H and O–H groups in total. The maximum atomic E-state index is 11.8. The lowest BCUT2D eigenvalue weighted by atomic mass is 9.60. The van der Waals surface area contributed by atoms with Gasteiger partial charge in [0.05, 0.1) is 5.56 Å². The number of benzene rings is 1. The second-order valence-electron chi connectivity index (χ2n) is 6.19. The standard InChI is InChI=1S/C18H20O3/c1-2-18-9-8-15(19)11-14(18)5-3-4-12-10-13(17(20)21)6-7-16(12)18/h3-4,6-7,10,14H,2,5,8-9,11H2,1H3,(H,20,21)/t14-,18+/m0/s1. The number of Topliss-reactive ketones (excluding diaryl/α,β-unsaturated/α-hetero) is 1. The highest BCUT2D eigenvalue weighted by Crippen LogP contribution is 2.49. The molecule has 1 aromatic carbocycles. The maximum absolute atomic E-state index is 11.8. The summed E-state index contributed by atoms with van der Waals surface area (Å²) < 4.78 is 0. The fourth-order valence-electron chi connectivity index (χ4n) is 4.10. The minimum absolute atomic E-state index is 0.0176. The van der Waals surface area contributed by atoms with Gasteiger partial charge < -0.3 is 5.11 Å². The van der Waals surface area contributed by atoms with E-state index in [1.165, 1.54) is 5.56 Å². The summed E-state index contributed by atoms with van der Waals surface area (Å²) >= 11 is 0. The fraction of sp³-hybridized carbons (Fsp3) is 0.444. The predicted octanol–water partition coefficient (Wildman–Crippen LogP) is 3.82. The molecule has 3 nitrogen and oxygen atoms in total. The van der Waals surface area contributed by atoms with Gasteiger partial charge in [-0.15, -0.1) is 0 Å². The average molecular weight is 284 g/mol. The van der Waals surface area contributed by atoms with Crippen molar-refractivity contribution in [3.8, 4) is 0 Å². The van der Waals surface area contributed by atoms with Crippen LogP contribution in [-0.4, -0.2) is 16.9 Å². The Kier molecular flexibility index (Phi) is 3.44. The van der Waals surface area contributed by atoms with E-state index in [0.29, 0.717) is 30.1 Å². The van der Waals surface area contributed by atoms with Crippen molar-refractivity contribution in [2.75, 3.05) is 0 Å². The molecule has 1 saturated carbocycles. The van der Waals surface area contributed by atoms with Gasteiger partial charge in [0, 0.05) is 12.8 Å². The third-order valence-electron chi connectivity index (χ3n) is 5.29. The SMILES string of the molecule is CC[C@@]12CCC(=O)C[C@@H]1CC=Cc1cc(C(=O)O)ccc12. The van der Waals surface area contributed by atoms with E-state index < -0.39 is 5.97 Å². The molecule has 0 radical (unpaired) electrons. The summed E-state index contributed by atoms with van der Waals surface area (Å²) in [5, 5.41) is 9.18. The molecule has 0 spiro atoms. The minimum atomic E-state index is -0.892. The Morgan fingerprint density at radius 3 is 2.95 bits per heavy atom. The number of carbonyl (C=O) groups excluding carboxylic acids is 1. The Morgan fingerprint density at radius 2 is 2.24 bits per heavy atom. The highest BCUT2D eigenvalue weighted by molar-refractivity contribution is 5.89. The number of ketones is 1. The molecule has 0 aliphatic heterocycles. The van der Waals surface area contributed by atoms with Crippen molar-refractivity contribution < 1.29 is 14.7 Å². The average Bonchev–Trinajstić information content (AvgIpc) is 2.63. The van der Waals surface area contributed by atoms with Gasteiger partial charge in [0.2, 0.25) is 0 Å². The second kappa shape index (κ2) is 5.14. The summed E-state index contributed by atoms with van der Waals surface area (Å²) in [6, 6.07) is 5.44. The van der Waals surface area contributed by atoms with Crippen LogP contribution >= 0.6 is 0 Å². The molecule has 0 unspecified atom stereocenters. The Bertz CT molecular complexity index is 629.